The number of carbonyl (C=O) groups is 2. The molecule has 0 spiro atoms. The van der Waals surface area contributed by atoms with Gasteiger partial charge in [0.15, 0.2) is 0 Å². The summed E-state index contributed by atoms with van der Waals surface area (Å²) in [4.78, 5) is 24.1. The Morgan fingerprint density at radius 3 is 2.06 bits per heavy atom. The molecule has 0 aliphatic rings. The van der Waals surface area contributed by atoms with Crippen molar-refractivity contribution in [2.45, 2.75) is 18.7 Å². The zero-order chi connectivity index (χ0) is 24.9. The second kappa shape index (κ2) is 10.6. The van der Waals surface area contributed by atoms with Gasteiger partial charge in [0.2, 0.25) is 11.8 Å². The molecule has 0 aliphatic heterocycles. The predicted molar refractivity (Wildman–Crippen MR) is 133 cm³/mol. The fourth-order valence-corrected chi connectivity index (χ4v) is 4.80. The average molecular weight is 502 g/mol. The topological polar surface area (TPSA) is 105 Å². The molecule has 0 radical (unpaired) electrons. The van der Waals surface area contributed by atoms with E-state index in [4.69, 9.17) is 16.3 Å². The van der Waals surface area contributed by atoms with E-state index in [-0.39, 0.29) is 21.5 Å². The van der Waals surface area contributed by atoms with E-state index in [2.05, 4.69) is 10.6 Å². The van der Waals surface area contributed by atoms with Crippen molar-refractivity contribution >= 4 is 50.5 Å². The SMILES string of the molecule is COc1ccc(N(CC(=O)Nc2ccc(NC(C)=O)cc2)S(=O)(=O)c2ccc(C)cc2)cc1Cl. The molecule has 0 aliphatic carbocycles. The Bertz CT molecular complexity index is 1290. The third kappa shape index (κ3) is 6.06. The third-order valence-corrected chi connectivity index (χ3v) is 6.89. The highest BCUT2D eigenvalue weighted by atomic mass is 35.5. The zero-order valence-electron chi connectivity index (χ0n) is 18.8. The maximum Gasteiger partial charge on any atom is 0.264 e. The number of hydrogen-bond acceptors (Lipinski definition) is 5. The molecule has 8 nitrogen and oxygen atoms in total. The van der Waals surface area contributed by atoms with Crippen LogP contribution in [0.15, 0.2) is 71.6 Å². The molecule has 10 heteroatoms. The Kier molecular flexibility index (Phi) is 7.80. The van der Waals surface area contributed by atoms with E-state index in [1.165, 1.54) is 44.4 Å². The lowest BCUT2D eigenvalue weighted by Crippen LogP contribution is -2.38. The molecule has 2 amide bonds. The first kappa shape index (κ1) is 25.1. The molecule has 0 atom stereocenters. The molecule has 0 aromatic heterocycles. The first-order chi connectivity index (χ1) is 16.1. The minimum atomic E-state index is -4.09. The molecule has 0 bridgehead atoms. The van der Waals surface area contributed by atoms with Crippen LogP contribution >= 0.6 is 11.6 Å². The molecule has 178 valence electrons. The summed E-state index contributed by atoms with van der Waals surface area (Å²) in [5.41, 5.74) is 2.13. The van der Waals surface area contributed by atoms with Crippen LogP contribution in [0.25, 0.3) is 0 Å². The van der Waals surface area contributed by atoms with Gasteiger partial charge in [0.25, 0.3) is 10.0 Å². The highest BCUT2D eigenvalue weighted by molar-refractivity contribution is 7.92. The number of rotatable bonds is 8. The Morgan fingerprint density at radius 1 is 0.941 bits per heavy atom. The van der Waals surface area contributed by atoms with Gasteiger partial charge in [-0.3, -0.25) is 13.9 Å². The molecule has 0 saturated carbocycles. The minimum absolute atomic E-state index is 0.0394. The summed E-state index contributed by atoms with van der Waals surface area (Å²) in [6, 6.07) is 17.3. The number of amides is 2. The van der Waals surface area contributed by atoms with Gasteiger partial charge < -0.3 is 15.4 Å². The van der Waals surface area contributed by atoms with Gasteiger partial charge >= 0.3 is 0 Å². The number of anilines is 3. The molecule has 0 fully saturated rings. The summed E-state index contributed by atoms with van der Waals surface area (Å²) in [7, 11) is -2.64. The number of nitrogens with one attached hydrogen (secondary N) is 2. The number of halogens is 1. The summed E-state index contributed by atoms with van der Waals surface area (Å²) in [6.45, 7) is 2.75. The van der Waals surface area contributed by atoms with Gasteiger partial charge in [0.1, 0.15) is 12.3 Å². The lowest BCUT2D eigenvalue weighted by molar-refractivity contribution is -0.115. The highest BCUT2D eigenvalue weighted by Crippen LogP contribution is 2.32. The Labute approximate surface area is 203 Å². The van der Waals surface area contributed by atoms with Crippen molar-refractivity contribution in [3.05, 3.63) is 77.3 Å². The van der Waals surface area contributed by atoms with Crippen molar-refractivity contribution < 1.29 is 22.7 Å². The van der Waals surface area contributed by atoms with Crippen molar-refractivity contribution in [1.82, 2.24) is 0 Å². The van der Waals surface area contributed by atoms with Gasteiger partial charge in [0.05, 0.1) is 22.7 Å². The summed E-state index contributed by atoms with van der Waals surface area (Å²) in [5.74, 6) is -0.399. The van der Waals surface area contributed by atoms with Crippen LogP contribution in [0.4, 0.5) is 17.1 Å². The Hall–Kier alpha value is -3.56. The van der Waals surface area contributed by atoms with Crippen LogP contribution in [0, 0.1) is 6.92 Å². The number of methoxy groups -OCH3 is 1. The van der Waals surface area contributed by atoms with Crippen LogP contribution < -0.4 is 19.7 Å². The molecule has 0 saturated heterocycles. The average Bonchev–Trinajstić information content (AvgIpc) is 2.78. The summed E-state index contributed by atoms with van der Waals surface area (Å²) in [5, 5.41) is 5.52. The maximum absolute atomic E-state index is 13.5. The Balaban J connectivity index is 1.90. The minimum Gasteiger partial charge on any atom is -0.495 e. The fourth-order valence-electron chi connectivity index (χ4n) is 3.13. The van der Waals surface area contributed by atoms with E-state index < -0.39 is 22.5 Å². The van der Waals surface area contributed by atoms with E-state index in [1.807, 2.05) is 6.92 Å². The van der Waals surface area contributed by atoms with Crippen LogP contribution in [0.3, 0.4) is 0 Å². The van der Waals surface area contributed by atoms with Crippen molar-refractivity contribution in [3.63, 3.8) is 0 Å². The number of ether oxygens (including phenoxy) is 1. The first-order valence-corrected chi connectivity index (χ1v) is 12.0. The van der Waals surface area contributed by atoms with E-state index >= 15 is 0 Å². The standard InChI is InChI=1S/C24H24ClN3O5S/c1-16-4-11-21(12-5-16)34(31,32)28(20-10-13-23(33-3)22(25)14-20)15-24(30)27-19-8-6-18(7-9-19)26-17(2)29/h4-14H,15H2,1-3H3,(H,26,29)(H,27,30). The van der Waals surface area contributed by atoms with Gasteiger partial charge in [-0.25, -0.2) is 8.42 Å². The van der Waals surface area contributed by atoms with E-state index in [1.54, 1.807) is 36.4 Å². The number of carbonyl (C=O) groups excluding carboxylic acids is 2. The fraction of sp³-hybridized carbons (Fsp3) is 0.167. The van der Waals surface area contributed by atoms with Crippen molar-refractivity contribution in [1.29, 1.82) is 0 Å². The summed E-state index contributed by atoms with van der Waals surface area (Å²) in [6.07, 6.45) is 0. The second-order valence-corrected chi connectivity index (χ2v) is 9.72. The smallest absolute Gasteiger partial charge is 0.264 e. The maximum atomic E-state index is 13.5. The van der Waals surface area contributed by atoms with Crippen LogP contribution in [0.5, 0.6) is 5.75 Å². The molecule has 3 rings (SSSR count). The lowest BCUT2D eigenvalue weighted by Gasteiger charge is -2.24. The number of benzene rings is 3. The van der Waals surface area contributed by atoms with E-state index in [0.29, 0.717) is 17.1 Å². The number of aryl methyl sites for hydroxylation is 1. The van der Waals surface area contributed by atoms with Crippen molar-refractivity contribution in [3.8, 4) is 5.75 Å². The van der Waals surface area contributed by atoms with Gasteiger partial charge in [-0.05, 0) is 61.5 Å². The molecule has 3 aromatic carbocycles. The van der Waals surface area contributed by atoms with Crippen molar-refractivity contribution in [2.24, 2.45) is 0 Å². The summed E-state index contributed by atoms with van der Waals surface area (Å²) >= 11 is 6.23. The number of nitrogens with zero attached hydrogens (tertiary/aromatic N) is 1. The van der Waals surface area contributed by atoms with E-state index in [0.717, 1.165) is 9.87 Å². The first-order valence-electron chi connectivity index (χ1n) is 10.2. The molecule has 3 aromatic rings. The zero-order valence-corrected chi connectivity index (χ0v) is 20.4. The summed E-state index contributed by atoms with van der Waals surface area (Å²) < 4.78 is 33.1. The normalized spacial score (nSPS) is 10.9. The van der Waals surface area contributed by atoms with Crippen LogP contribution in [0.2, 0.25) is 5.02 Å². The van der Waals surface area contributed by atoms with Crippen LogP contribution in [-0.2, 0) is 19.6 Å². The monoisotopic (exact) mass is 501 g/mol. The second-order valence-electron chi connectivity index (χ2n) is 7.45. The largest absolute Gasteiger partial charge is 0.495 e. The molecule has 2 N–H and O–H groups in total. The van der Waals surface area contributed by atoms with Crippen LogP contribution in [-0.4, -0.2) is 33.9 Å². The molecule has 34 heavy (non-hydrogen) atoms. The van der Waals surface area contributed by atoms with Gasteiger partial charge in [-0.1, -0.05) is 29.3 Å². The predicted octanol–water partition coefficient (Wildman–Crippen LogP) is 4.45. The highest BCUT2D eigenvalue weighted by Gasteiger charge is 2.28. The van der Waals surface area contributed by atoms with Crippen LogP contribution in [0.1, 0.15) is 12.5 Å². The quantitative estimate of drug-likeness (QED) is 0.474. The van der Waals surface area contributed by atoms with Gasteiger partial charge in [-0.15, -0.1) is 0 Å². The van der Waals surface area contributed by atoms with Gasteiger partial charge in [-0.2, -0.15) is 0 Å². The lowest BCUT2D eigenvalue weighted by atomic mass is 10.2. The van der Waals surface area contributed by atoms with Crippen molar-refractivity contribution in [2.75, 3.05) is 28.6 Å². The molecule has 0 heterocycles. The number of hydrogen-bond donors (Lipinski definition) is 2. The third-order valence-electron chi connectivity index (χ3n) is 4.81. The Morgan fingerprint density at radius 2 is 1.53 bits per heavy atom. The molecule has 0 unspecified atom stereocenters. The molecular formula is C24H24ClN3O5S. The van der Waals surface area contributed by atoms with E-state index in [9.17, 15) is 18.0 Å². The molecular weight excluding hydrogens is 478 g/mol. The number of sulfonamides is 1. The van der Waals surface area contributed by atoms with Gasteiger partial charge in [0, 0.05) is 18.3 Å².